The predicted octanol–water partition coefficient (Wildman–Crippen LogP) is 3.30. The van der Waals surface area contributed by atoms with Crippen LogP contribution < -0.4 is 11.1 Å². The van der Waals surface area contributed by atoms with Gasteiger partial charge in [-0.1, -0.05) is 24.3 Å². The van der Waals surface area contributed by atoms with E-state index in [1.54, 1.807) is 6.07 Å². The number of hydrogen-bond acceptors (Lipinski definition) is 4. The van der Waals surface area contributed by atoms with Crippen molar-refractivity contribution in [2.24, 2.45) is 0 Å². The van der Waals surface area contributed by atoms with Gasteiger partial charge < -0.3 is 11.1 Å². The fourth-order valence-electron chi connectivity index (χ4n) is 1.84. The van der Waals surface area contributed by atoms with Crippen LogP contribution >= 0.6 is 15.9 Å². The lowest BCUT2D eigenvalue weighted by Crippen LogP contribution is -2.11. The van der Waals surface area contributed by atoms with Crippen molar-refractivity contribution >= 4 is 27.7 Å². The first-order chi connectivity index (χ1) is 8.56. The van der Waals surface area contributed by atoms with E-state index in [1.165, 1.54) is 11.1 Å². The molecule has 3 N–H and O–H groups in total. The van der Waals surface area contributed by atoms with Crippen molar-refractivity contribution in [1.82, 2.24) is 9.97 Å². The minimum atomic E-state index is 0.125. The van der Waals surface area contributed by atoms with Gasteiger partial charge in [0.05, 0.1) is 6.04 Å². The van der Waals surface area contributed by atoms with Gasteiger partial charge in [0, 0.05) is 6.07 Å². The van der Waals surface area contributed by atoms with E-state index >= 15 is 0 Å². The quantitative estimate of drug-likeness (QED) is 0.854. The van der Waals surface area contributed by atoms with E-state index in [4.69, 9.17) is 5.73 Å². The molecule has 2 rings (SSSR count). The van der Waals surface area contributed by atoms with Crippen molar-refractivity contribution in [3.8, 4) is 0 Å². The molecule has 1 heterocycles. The Hall–Kier alpha value is -1.62. The highest BCUT2D eigenvalue weighted by molar-refractivity contribution is 9.10. The van der Waals surface area contributed by atoms with Crippen molar-refractivity contribution in [1.29, 1.82) is 0 Å². The molecule has 1 aromatic carbocycles. The summed E-state index contributed by atoms with van der Waals surface area (Å²) in [6, 6.07) is 10.0. The zero-order valence-electron chi connectivity index (χ0n) is 10.3. The number of halogens is 1. The van der Waals surface area contributed by atoms with Crippen LogP contribution in [0.1, 0.15) is 24.1 Å². The van der Waals surface area contributed by atoms with E-state index in [0.29, 0.717) is 16.4 Å². The fourth-order valence-corrected chi connectivity index (χ4v) is 2.25. The maximum atomic E-state index is 5.68. The van der Waals surface area contributed by atoms with E-state index < -0.39 is 0 Å². The first kappa shape index (κ1) is 12.8. The highest BCUT2D eigenvalue weighted by Crippen LogP contribution is 2.21. The largest absolute Gasteiger partial charge is 0.383 e. The van der Waals surface area contributed by atoms with Crippen LogP contribution in [0.15, 0.2) is 34.9 Å². The molecule has 18 heavy (non-hydrogen) atoms. The molecule has 0 radical (unpaired) electrons. The van der Waals surface area contributed by atoms with Crippen molar-refractivity contribution in [2.45, 2.75) is 19.9 Å². The van der Waals surface area contributed by atoms with Gasteiger partial charge in [-0.2, -0.15) is 4.98 Å². The van der Waals surface area contributed by atoms with Gasteiger partial charge in [0.1, 0.15) is 10.4 Å². The van der Waals surface area contributed by atoms with Crippen LogP contribution in [0, 0.1) is 6.92 Å². The van der Waals surface area contributed by atoms with Crippen molar-refractivity contribution in [2.75, 3.05) is 11.1 Å². The Balaban J connectivity index is 2.21. The number of nitrogens with zero attached hydrogens (tertiary/aromatic N) is 2. The first-order valence-corrected chi connectivity index (χ1v) is 6.47. The standard InChI is InChI=1S/C13H15BrN4/c1-8-5-3-4-6-10(8)9(2)16-13-17-11(14)7-12(15)18-13/h3-7,9H,1-2H3,(H3,15,16,17,18). The second kappa shape index (κ2) is 5.35. The van der Waals surface area contributed by atoms with Crippen LogP contribution in [0.5, 0.6) is 0 Å². The molecule has 0 aliphatic rings. The number of nitrogen functional groups attached to an aromatic ring is 1. The van der Waals surface area contributed by atoms with E-state index in [0.717, 1.165) is 0 Å². The number of aryl methyl sites for hydroxylation is 1. The molecule has 0 amide bonds. The Morgan fingerprint density at radius 3 is 2.67 bits per heavy atom. The maximum absolute atomic E-state index is 5.68. The molecule has 4 nitrogen and oxygen atoms in total. The second-order valence-electron chi connectivity index (χ2n) is 4.16. The molecule has 0 spiro atoms. The summed E-state index contributed by atoms with van der Waals surface area (Å²) in [5.41, 5.74) is 8.14. The van der Waals surface area contributed by atoms with Crippen LogP contribution in [-0.4, -0.2) is 9.97 Å². The summed E-state index contributed by atoms with van der Waals surface area (Å²) in [4.78, 5) is 8.40. The Kier molecular flexibility index (Phi) is 3.81. The molecule has 1 aromatic heterocycles. The monoisotopic (exact) mass is 306 g/mol. The van der Waals surface area contributed by atoms with Crippen molar-refractivity contribution in [3.05, 3.63) is 46.1 Å². The van der Waals surface area contributed by atoms with Gasteiger partial charge in [0.15, 0.2) is 0 Å². The second-order valence-corrected chi connectivity index (χ2v) is 4.97. The number of anilines is 2. The first-order valence-electron chi connectivity index (χ1n) is 5.68. The highest BCUT2D eigenvalue weighted by atomic mass is 79.9. The zero-order chi connectivity index (χ0) is 13.1. The third-order valence-corrected chi connectivity index (χ3v) is 3.12. The van der Waals surface area contributed by atoms with Crippen molar-refractivity contribution in [3.63, 3.8) is 0 Å². The lowest BCUT2D eigenvalue weighted by molar-refractivity contribution is 0.851. The van der Waals surface area contributed by atoms with Gasteiger partial charge in [-0.25, -0.2) is 4.98 Å². The molecule has 1 unspecified atom stereocenters. The van der Waals surface area contributed by atoms with Gasteiger partial charge in [0.25, 0.3) is 0 Å². The lowest BCUT2D eigenvalue weighted by atomic mass is 10.0. The third-order valence-electron chi connectivity index (χ3n) is 2.72. The predicted molar refractivity (Wildman–Crippen MR) is 77.4 cm³/mol. The molecule has 0 bridgehead atoms. The number of nitrogens with two attached hydrogens (primary N) is 1. The number of hydrogen-bond donors (Lipinski definition) is 2. The SMILES string of the molecule is Cc1ccccc1C(C)Nc1nc(N)cc(Br)n1. The molecule has 0 fully saturated rings. The molecule has 1 atom stereocenters. The van der Waals surface area contributed by atoms with Gasteiger partial charge in [-0.05, 0) is 40.9 Å². The molecule has 0 aliphatic heterocycles. The van der Waals surface area contributed by atoms with Crippen LogP contribution in [0.3, 0.4) is 0 Å². The molecule has 5 heteroatoms. The Morgan fingerprint density at radius 2 is 2.00 bits per heavy atom. The van der Waals surface area contributed by atoms with E-state index in [2.05, 4.69) is 57.2 Å². The summed E-state index contributed by atoms with van der Waals surface area (Å²) in [5.74, 6) is 0.967. The Bertz CT molecular complexity index is 536. The van der Waals surface area contributed by atoms with Crippen LogP contribution in [0.4, 0.5) is 11.8 Å². The smallest absolute Gasteiger partial charge is 0.226 e. The topological polar surface area (TPSA) is 63.8 Å². The maximum Gasteiger partial charge on any atom is 0.226 e. The minimum absolute atomic E-state index is 0.125. The van der Waals surface area contributed by atoms with E-state index in [1.807, 2.05) is 12.1 Å². The van der Waals surface area contributed by atoms with Gasteiger partial charge >= 0.3 is 0 Å². The Labute approximate surface area is 115 Å². The average molecular weight is 307 g/mol. The minimum Gasteiger partial charge on any atom is -0.383 e. The number of rotatable bonds is 3. The molecule has 0 saturated heterocycles. The Morgan fingerprint density at radius 1 is 1.28 bits per heavy atom. The summed E-state index contributed by atoms with van der Waals surface area (Å²) in [6.07, 6.45) is 0. The van der Waals surface area contributed by atoms with E-state index in [-0.39, 0.29) is 6.04 Å². The lowest BCUT2D eigenvalue weighted by Gasteiger charge is -2.16. The molecule has 94 valence electrons. The zero-order valence-corrected chi connectivity index (χ0v) is 11.9. The summed E-state index contributed by atoms with van der Waals surface area (Å²) in [5, 5.41) is 3.25. The van der Waals surface area contributed by atoms with Crippen LogP contribution in [-0.2, 0) is 0 Å². The number of benzene rings is 1. The summed E-state index contributed by atoms with van der Waals surface area (Å²) in [7, 11) is 0. The molecule has 0 saturated carbocycles. The van der Waals surface area contributed by atoms with Gasteiger partial charge in [0.2, 0.25) is 5.95 Å². The summed E-state index contributed by atoms with van der Waals surface area (Å²) in [6.45, 7) is 4.16. The van der Waals surface area contributed by atoms with E-state index in [9.17, 15) is 0 Å². The van der Waals surface area contributed by atoms with Gasteiger partial charge in [-0.15, -0.1) is 0 Å². The van der Waals surface area contributed by atoms with Crippen LogP contribution in [0.2, 0.25) is 0 Å². The normalized spacial score (nSPS) is 12.2. The fraction of sp³-hybridized carbons (Fsp3) is 0.231. The molecule has 0 aliphatic carbocycles. The van der Waals surface area contributed by atoms with Gasteiger partial charge in [-0.3, -0.25) is 0 Å². The summed E-state index contributed by atoms with van der Waals surface area (Å²) >= 11 is 3.30. The number of nitrogens with one attached hydrogen (secondary N) is 1. The third kappa shape index (κ3) is 2.98. The highest BCUT2D eigenvalue weighted by Gasteiger charge is 2.09. The average Bonchev–Trinajstić information content (AvgIpc) is 2.27. The summed E-state index contributed by atoms with van der Waals surface area (Å²) < 4.78 is 0.675. The van der Waals surface area contributed by atoms with Crippen molar-refractivity contribution < 1.29 is 0 Å². The molecule has 2 aromatic rings. The molecular weight excluding hydrogens is 292 g/mol. The number of aromatic nitrogens is 2. The van der Waals surface area contributed by atoms with Crippen LogP contribution in [0.25, 0.3) is 0 Å². The molecular formula is C13H15BrN4.